The first kappa shape index (κ1) is 15.3. The van der Waals surface area contributed by atoms with Gasteiger partial charge in [-0.15, -0.1) is 11.3 Å². The second-order valence-electron chi connectivity index (χ2n) is 5.54. The Morgan fingerprint density at radius 2 is 2.20 bits per heavy atom. The Balaban J connectivity index is 1.82. The second-order valence-corrected chi connectivity index (χ2v) is 6.54. The van der Waals surface area contributed by atoms with Gasteiger partial charge in [-0.2, -0.15) is 0 Å². The summed E-state index contributed by atoms with van der Waals surface area (Å²) in [4.78, 5) is 13.2. The molecule has 1 aromatic rings. The largest absolute Gasteiger partial charge is 0.396 e. The van der Waals surface area contributed by atoms with Gasteiger partial charge in [0, 0.05) is 23.4 Å². The molecule has 112 valence electrons. The van der Waals surface area contributed by atoms with Crippen molar-refractivity contribution < 1.29 is 9.90 Å². The molecule has 0 radical (unpaired) electrons. The number of thiophene rings is 1. The maximum Gasteiger partial charge on any atom is 0.315 e. The monoisotopic (exact) mass is 296 g/mol. The summed E-state index contributed by atoms with van der Waals surface area (Å²) in [5.74, 6) is 0.201. The molecule has 5 heteroatoms. The lowest BCUT2D eigenvalue weighted by molar-refractivity contribution is 0.179. The van der Waals surface area contributed by atoms with Crippen LogP contribution in [0.1, 0.15) is 42.5 Å². The highest BCUT2D eigenvalue weighted by Gasteiger charge is 2.24. The maximum absolute atomic E-state index is 12.0. The van der Waals surface area contributed by atoms with Crippen LogP contribution in [0.2, 0.25) is 0 Å². The quantitative estimate of drug-likeness (QED) is 0.748. The van der Waals surface area contributed by atoms with Gasteiger partial charge in [0.05, 0.1) is 6.54 Å². The summed E-state index contributed by atoms with van der Waals surface area (Å²) in [6.45, 7) is 2.79. The summed E-state index contributed by atoms with van der Waals surface area (Å²) in [6.07, 6.45) is 5.46. The van der Waals surface area contributed by atoms with Gasteiger partial charge in [-0.1, -0.05) is 19.3 Å². The highest BCUT2D eigenvalue weighted by atomic mass is 32.1. The van der Waals surface area contributed by atoms with Gasteiger partial charge in [-0.05, 0) is 36.8 Å². The minimum atomic E-state index is -0.122. The normalized spacial score (nSPS) is 23.1. The molecular formula is C15H24N2O2S. The molecule has 2 unspecified atom stereocenters. The molecule has 0 aromatic carbocycles. The SMILES string of the molecule is Cc1ccsc1CNC(=O)NC1CCCCCC1CO. The van der Waals surface area contributed by atoms with E-state index < -0.39 is 0 Å². The van der Waals surface area contributed by atoms with Gasteiger partial charge in [0.15, 0.2) is 0 Å². The summed E-state index contributed by atoms with van der Waals surface area (Å²) in [5.41, 5.74) is 1.22. The van der Waals surface area contributed by atoms with E-state index in [1.165, 1.54) is 16.9 Å². The fraction of sp³-hybridized carbons (Fsp3) is 0.667. The lowest BCUT2D eigenvalue weighted by atomic mass is 9.96. The van der Waals surface area contributed by atoms with Crippen LogP contribution in [0.25, 0.3) is 0 Å². The number of urea groups is 1. The average Bonchev–Trinajstić information content (AvgIpc) is 2.71. The van der Waals surface area contributed by atoms with E-state index in [9.17, 15) is 9.90 Å². The minimum Gasteiger partial charge on any atom is -0.396 e. The van der Waals surface area contributed by atoms with Crippen molar-refractivity contribution in [1.82, 2.24) is 10.6 Å². The zero-order chi connectivity index (χ0) is 14.4. The lowest BCUT2D eigenvalue weighted by Crippen LogP contribution is -2.45. The summed E-state index contributed by atoms with van der Waals surface area (Å²) in [6, 6.07) is 2.04. The molecule has 1 aromatic heterocycles. The zero-order valence-corrected chi connectivity index (χ0v) is 12.8. The molecule has 1 aliphatic carbocycles. The molecule has 2 atom stereocenters. The van der Waals surface area contributed by atoms with Crippen LogP contribution in [0.5, 0.6) is 0 Å². The van der Waals surface area contributed by atoms with E-state index in [1.54, 1.807) is 11.3 Å². The van der Waals surface area contributed by atoms with E-state index in [4.69, 9.17) is 0 Å². The number of aliphatic hydroxyl groups excluding tert-OH is 1. The molecule has 1 fully saturated rings. The Labute approximate surface area is 124 Å². The van der Waals surface area contributed by atoms with Crippen molar-refractivity contribution in [2.45, 2.75) is 51.6 Å². The van der Waals surface area contributed by atoms with Gasteiger partial charge in [0.1, 0.15) is 0 Å². The van der Waals surface area contributed by atoms with E-state index >= 15 is 0 Å². The van der Waals surface area contributed by atoms with E-state index in [0.717, 1.165) is 25.7 Å². The molecular weight excluding hydrogens is 272 g/mol. The number of nitrogens with one attached hydrogen (secondary N) is 2. The fourth-order valence-corrected chi connectivity index (χ4v) is 3.60. The van der Waals surface area contributed by atoms with E-state index in [-0.39, 0.29) is 24.6 Å². The third-order valence-corrected chi connectivity index (χ3v) is 5.11. The van der Waals surface area contributed by atoms with Crippen LogP contribution in [-0.4, -0.2) is 23.8 Å². The Morgan fingerprint density at radius 1 is 1.40 bits per heavy atom. The number of aryl methyl sites for hydroxylation is 1. The van der Waals surface area contributed by atoms with Crippen LogP contribution in [0, 0.1) is 12.8 Å². The molecule has 1 aliphatic rings. The first-order chi connectivity index (χ1) is 9.70. The van der Waals surface area contributed by atoms with Crippen LogP contribution in [0.3, 0.4) is 0 Å². The van der Waals surface area contributed by atoms with Crippen molar-refractivity contribution in [3.05, 3.63) is 21.9 Å². The summed E-state index contributed by atoms with van der Waals surface area (Å²) in [5, 5.41) is 17.4. The number of carbonyl (C=O) groups excluding carboxylic acids is 1. The second kappa shape index (κ2) is 7.64. The molecule has 0 aliphatic heterocycles. The molecule has 1 heterocycles. The third kappa shape index (κ3) is 4.21. The molecule has 0 bridgehead atoms. The lowest BCUT2D eigenvalue weighted by Gasteiger charge is -2.24. The van der Waals surface area contributed by atoms with Gasteiger partial charge in [-0.3, -0.25) is 0 Å². The zero-order valence-electron chi connectivity index (χ0n) is 12.0. The van der Waals surface area contributed by atoms with Gasteiger partial charge in [-0.25, -0.2) is 4.79 Å². The smallest absolute Gasteiger partial charge is 0.315 e. The van der Waals surface area contributed by atoms with Crippen LogP contribution in [-0.2, 0) is 6.54 Å². The molecule has 20 heavy (non-hydrogen) atoms. The molecule has 4 nitrogen and oxygen atoms in total. The Kier molecular flexibility index (Phi) is 5.86. The fourth-order valence-electron chi connectivity index (χ4n) is 2.76. The van der Waals surface area contributed by atoms with Crippen molar-refractivity contribution in [1.29, 1.82) is 0 Å². The predicted molar refractivity (Wildman–Crippen MR) is 81.9 cm³/mol. The number of carbonyl (C=O) groups is 1. The average molecular weight is 296 g/mol. The molecule has 1 saturated carbocycles. The van der Waals surface area contributed by atoms with Gasteiger partial charge < -0.3 is 15.7 Å². The maximum atomic E-state index is 12.0. The molecule has 3 N–H and O–H groups in total. The Morgan fingerprint density at radius 3 is 2.90 bits per heavy atom. The van der Waals surface area contributed by atoms with Crippen LogP contribution in [0.15, 0.2) is 11.4 Å². The highest BCUT2D eigenvalue weighted by molar-refractivity contribution is 7.10. The van der Waals surface area contributed by atoms with Crippen LogP contribution < -0.4 is 10.6 Å². The number of aliphatic hydroxyl groups is 1. The highest BCUT2D eigenvalue weighted by Crippen LogP contribution is 2.23. The standard InChI is InChI=1S/C15H24N2O2S/c1-11-7-8-20-14(11)9-16-15(19)17-13-6-4-2-3-5-12(13)10-18/h7-8,12-13,18H,2-6,9-10H2,1H3,(H2,16,17,19). The Bertz CT molecular complexity index is 433. The third-order valence-electron chi connectivity index (χ3n) is 4.09. The van der Waals surface area contributed by atoms with Gasteiger partial charge in [0.25, 0.3) is 0 Å². The summed E-state index contributed by atoms with van der Waals surface area (Å²) >= 11 is 1.66. The number of hydrogen-bond donors (Lipinski definition) is 3. The summed E-state index contributed by atoms with van der Waals surface area (Å²) < 4.78 is 0. The number of rotatable bonds is 4. The Hall–Kier alpha value is -1.07. The van der Waals surface area contributed by atoms with Crippen molar-refractivity contribution in [2.75, 3.05) is 6.61 Å². The minimum absolute atomic E-state index is 0.104. The van der Waals surface area contributed by atoms with Crippen LogP contribution >= 0.6 is 11.3 Å². The topological polar surface area (TPSA) is 61.4 Å². The van der Waals surface area contributed by atoms with E-state index in [1.807, 2.05) is 5.38 Å². The number of hydrogen-bond acceptors (Lipinski definition) is 3. The van der Waals surface area contributed by atoms with Crippen molar-refractivity contribution in [2.24, 2.45) is 5.92 Å². The molecule has 0 spiro atoms. The van der Waals surface area contributed by atoms with Crippen molar-refractivity contribution in [3.8, 4) is 0 Å². The predicted octanol–water partition coefficient (Wildman–Crippen LogP) is 2.80. The van der Waals surface area contributed by atoms with Gasteiger partial charge >= 0.3 is 6.03 Å². The van der Waals surface area contributed by atoms with Crippen molar-refractivity contribution >= 4 is 17.4 Å². The number of amides is 2. The first-order valence-electron chi connectivity index (χ1n) is 7.39. The van der Waals surface area contributed by atoms with Crippen LogP contribution in [0.4, 0.5) is 4.79 Å². The van der Waals surface area contributed by atoms with E-state index in [0.29, 0.717) is 6.54 Å². The molecule has 2 amide bonds. The van der Waals surface area contributed by atoms with Crippen molar-refractivity contribution in [3.63, 3.8) is 0 Å². The first-order valence-corrected chi connectivity index (χ1v) is 8.27. The summed E-state index contributed by atoms with van der Waals surface area (Å²) in [7, 11) is 0. The van der Waals surface area contributed by atoms with E-state index in [2.05, 4.69) is 23.6 Å². The van der Waals surface area contributed by atoms with Gasteiger partial charge in [0.2, 0.25) is 0 Å². The molecule has 2 rings (SSSR count). The molecule has 0 saturated heterocycles.